The van der Waals surface area contributed by atoms with Crippen molar-refractivity contribution >= 4 is 52.1 Å². The fourth-order valence-electron chi connectivity index (χ4n) is 8.69. The van der Waals surface area contributed by atoms with Gasteiger partial charge in [-0.3, -0.25) is 28.7 Å². The van der Waals surface area contributed by atoms with Crippen molar-refractivity contribution in [3.05, 3.63) is 128 Å². The third-order valence-corrected chi connectivity index (χ3v) is 14.7. The summed E-state index contributed by atoms with van der Waals surface area (Å²) in [6.07, 6.45) is -0.956. The monoisotopic (exact) mass is 944 g/mol. The highest BCUT2D eigenvalue weighted by molar-refractivity contribution is 7.15. The summed E-state index contributed by atoms with van der Waals surface area (Å²) in [6, 6.07) is 15.9. The van der Waals surface area contributed by atoms with E-state index in [1.165, 1.54) is 30.2 Å². The molecule has 3 aromatic carbocycles. The molecule has 0 radical (unpaired) electrons. The summed E-state index contributed by atoms with van der Waals surface area (Å²) in [6.45, 7) is 15.1. The summed E-state index contributed by atoms with van der Waals surface area (Å²) < 4.78 is 22.7. The molecular weight excluding hydrogens is 892 g/mol. The molecule has 2 aliphatic heterocycles. The number of hydrogen-bond donors (Lipinski definition) is 3. The van der Waals surface area contributed by atoms with Crippen molar-refractivity contribution in [2.75, 3.05) is 13.7 Å². The molecule has 348 valence electrons. The van der Waals surface area contributed by atoms with Gasteiger partial charge in [0.1, 0.15) is 34.8 Å². The predicted molar refractivity (Wildman–Crippen MR) is 256 cm³/mol. The zero-order valence-corrected chi connectivity index (χ0v) is 40.4. The van der Waals surface area contributed by atoms with Crippen molar-refractivity contribution in [1.29, 1.82) is 0 Å². The van der Waals surface area contributed by atoms with E-state index in [0.717, 1.165) is 48.3 Å². The first kappa shape index (κ1) is 47.1. The number of aliphatic hydroxyl groups is 1. The number of aliphatic hydroxyl groups excluding tert-OH is 1. The Morgan fingerprint density at radius 1 is 0.940 bits per heavy atom. The SMILES string of the molecule is COC(=O)C[C@@H]1N=C(c2ccc(-c3cc(C(=O)NC(C(=O)N4C[C@H](O)C[C@H]4C(=O)N[C@@H](C)c4ccc(-c5scnc5C)cc4)C(C)(C)C)ccc3F)cc2)c2c(sc(C)c2C)-n2c(C)nnc21. The molecule has 0 saturated carbocycles. The van der Waals surface area contributed by atoms with Gasteiger partial charge in [-0.25, -0.2) is 9.37 Å². The van der Waals surface area contributed by atoms with Crippen molar-refractivity contribution in [2.45, 2.75) is 98.5 Å². The number of rotatable bonds is 11. The highest BCUT2D eigenvalue weighted by Gasteiger charge is 2.45. The smallest absolute Gasteiger partial charge is 0.308 e. The Balaban J connectivity index is 1.01. The molecule has 67 heavy (non-hydrogen) atoms. The average Bonchev–Trinajstić information content (AvgIpc) is 4.07. The second-order valence-corrected chi connectivity index (χ2v) is 20.3. The van der Waals surface area contributed by atoms with Crippen LogP contribution in [0.3, 0.4) is 0 Å². The Morgan fingerprint density at radius 3 is 2.28 bits per heavy atom. The van der Waals surface area contributed by atoms with E-state index in [2.05, 4.69) is 25.8 Å². The minimum Gasteiger partial charge on any atom is -0.469 e. The zero-order valence-electron chi connectivity index (χ0n) is 38.8. The lowest BCUT2D eigenvalue weighted by molar-refractivity contribution is -0.142. The molecule has 3 amide bonds. The van der Waals surface area contributed by atoms with Crippen LogP contribution >= 0.6 is 22.7 Å². The summed E-state index contributed by atoms with van der Waals surface area (Å²) >= 11 is 3.14. The summed E-state index contributed by atoms with van der Waals surface area (Å²) in [7, 11) is 1.33. The van der Waals surface area contributed by atoms with Crippen molar-refractivity contribution < 1.29 is 33.4 Å². The number of thiophene rings is 1. The van der Waals surface area contributed by atoms with Gasteiger partial charge in [0, 0.05) is 40.1 Å². The highest BCUT2D eigenvalue weighted by Crippen LogP contribution is 2.40. The number of methoxy groups -OCH3 is 1. The number of carbonyl (C=O) groups is 4. The molecular formula is C50H53FN8O6S2. The largest absolute Gasteiger partial charge is 0.469 e. The average molecular weight is 945 g/mol. The quantitative estimate of drug-likeness (QED) is 0.109. The molecule has 17 heteroatoms. The van der Waals surface area contributed by atoms with Crippen LogP contribution in [0.2, 0.25) is 0 Å². The predicted octanol–water partition coefficient (Wildman–Crippen LogP) is 7.93. The Morgan fingerprint density at radius 2 is 1.63 bits per heavy atom. The summed E-state index contributed by atoms with van der Waals surface area (Å²) in [5, 5.41) is 26.3. The van der Waals surface area contributed by atoms with Gasteiger partial charge < -0.3 is 25.4 Å². The van der Waals surface area contributed by atoms with Crippen LogP contribution < -0.4 is 10.6 Å². The molecule has 5 heterocycles. The van der Waals surface area contributed by atoms with Crippen LogP contribution in [0.4, 0.5) is 4.39 Å². The number of hydrogen-bond acceptors (Lipinski definition) is 12. The first-order chi connectivity index (χ1) is 31.8. The van der Waals surface area contributed by atoms with Crippen LogP contribution in [0.15, 0.2) is 77.2 Å². The van der Waals surface area contributed by atoms with E-state index < -0.39 is 65.2 Å². The van der Waals surface area contributed by atoms with Crippen LogP contribution in [0.5, 0.6) is 0 Å². The molecule has 1 fully saturated rings. The minimum atomic E-state index is -1.11. The maximum absolute atomic E-state index is 15.7. The maximum Gasteiger partial charge on any atom is 0.308 e. The van der Waals surface area contributed by atoms with E-state index in [1.54, 1.807) is 61.1 Å². The van der Waals surface area contributed by atoms with E-state index >= 15 is 4.39 Å². The Kier molecular flexibility index (Phi) is 13.1. The number of aryl methyl sites for hydroxylation is 3. The van der Waals surface area contributed by atoms with Gasteiger partial charge in [-0.1, -0.05) is 69.3 Å². The standard InChI is InChI=1S/C50H53FN8O6S2/c1-25-28(4)67-49-41(25)42(54-38(22-40(61)65-9)45-57-56-29(5)59(45)49)32-14-12-31(13-15-32)36-20-34(18-19-37(36)51)46(62)55-44(50(6,7)8)48(64)58-23-35(60)21-39(58)47(63)53-26(2)30-10-16-33(17-11-30)43-27(3)52-24-66-43/h10-20,24,26,35,38-39,44,60H,21-23H2,1-9H3,(H,53,63)(H,55,62)/t26-,35+,38-,39-,44?/m0/s1. The summed E-state index contributed by atoms with van der Waals surface area (Å²) in [5.74, 6) is -1.36. The van der Waals surface area contributed by atoms with Crippen molar-refractivity contribution in [3.63, 3.8) is 0 Å². The number of amides is 3. The molecule has 0 spiro atoms. The molecule has 5 atom stereocenters. The van der Waals surface area contributed by atoms with Gasteiger partial charge in [0.15, 0.2) is 5.82 Å². The van der Waals surface area contributed by atoms with Crippen LogP contribution in [0, 0.1) is 38.9 Å². The number of thiazole rings is 1. The number of aliphatic imine (C=N–C) groups is 1. The number of esters is 1. The number of nitrogens with one attached hydrogen (secondary N) is 2. The fraction of sp³-hybridized carbons (Fsp3) is 0.360. The molecule has 1 saturated heterocycles. The van der Waals surface area contributed by atoms with Gasteiger partial charge in [0.25, 0.3) is 5.91 Å². The van der Waals surface area contributed by atoms with Gasteiger partial charge in [-0.2, -0.15) is 0 Å². The highest BCUT2D eigenvalue weighted by atomic mass is 32.1. The van der Waals surface area contributed by atoms with Gasteiger partial charge in [-0.15, -0.1) is 32.9 Å². The first-order valence-electron chi connectivity index (χ1n) is 22.0. The van der Waals surface area contributed by atoms with Gasteiger partial charge in [-0.05, 0) is 80.5 Å². The van der Waals surface area contributed by atoms with Crippen molar-refractivity contribution in [3.8, 4) is 26.6 Å². The number of likely N-dealkylation sites (tertiary alicyclic amines) is 1. The maximum atomic E-state index is 15.7. The molecule has 3 N–H and O–H groups in total. The van der Waals surface area contributed by atoms with E-state index in [1.807, 2.05) is 75.6 Å². The third-order valence-electron chi connectivity index (χ3n) is 12.6. The number of benzene rings is 3. The molecule has 14 nitrogen and oxygen atoms in total. The van der Waals surface area contributed by atoms with Crippen LogP contribution in [-0.4, -0.2) is 91.0 Å². The zero-order chi connectivity index (χ0) is 48.1. The molecule has 2 aliphatic rings. The number of aromatic nitrogens is 4. The van der Waals surface area contributed by atoms with Crippen LogP contribution in [0.25, 0.3) is 26.6 Å². The molecule has 3 aromatic heterocycles. The summed E-state index contributed by atoms with van der Waals surface area (Å²) in [5.41, 5.74) is 7.87. The lowest BCUT2D eigenvalue weighted by Gasteiger charge is -2.35. The fourth-order valence-corrected chi connectivity index (χ4v) is 10.7. The van der Waals surface area contributed by atoms with E-state index in [4.69, 9.17) is 9.73 Å². The van der Waals surface area contributed by atoms with Crippen LogP contribution in [-0.2, 0) is 19.1 Å². The van der Waals surface area contributed by atoms with E-state index in [0.29, 0.717) is 22.9 Å². The second-order valence-electron chi connectivity index (χ2n) is 18.2. The number of halogens is 1. The molecule has 0 bridgehead atoms. The number of fused-ring (bicyclic) bond motifs is 3. The van der Waals surface area contributed by atoms with Gasteiger partial charge >= 0.3 is 5.97 Å². The van der Waals surface area contributed by atoms with E-state index in [9.17, 15) is 24.3 Å². The molecule has 6 aromatic rings. The van der Waals surface area contributed by atoms with Crippen LogP contribution in [0.1, 0.15) is 107 Å². The Labute approximate surface area is 396 Å². The van der Waals surface area contributed by atoms with Crippen molar-refractivity contribution in [1.82, 2.24) is 35.3 Å². The Bertz CT molecular complexity index is 2920. The Hall–Kier alpha value is -6.43. The molecule has 1 unspecified atom stereocenters. The van der Waals surface area contributed by atoms with Gasteiger partial charge in [0.2, 0.25) is 11.8 Å². The van der Waals surface area contributed by atoms with Crippen molar-refractivity contribution in [2.24, 2.45) is 10.4 Å². The number of nitrogens with zero attached hydrogens (tertiary/aromatic N) is 6. The number of β-amino-alcohol motifs (C(OH)–C–C–N with tert-alkyl or cyclic N) is 1. The number of carbonyl (C=O) groups excluding carboxylic acids is 4. The third kappa shape index (κ3) is 9.32. The van der Waals surface area contributed by atoms with Gasteiger partial charge in [0.05, 0.1) is 47.5 Å². The second kappa shape index (κ2) is 18.7. The normalized spacial score (nSPS) is 17.7. The van der Waals surface area contributed by atoms with E-state index in [-0.39, 0.29) is 30.5 Å². The minimum absolute atomic E-state index is 0.0378. The molecule has 0 aliphatic carbocycles. The molecule has 8 rings (SSSR count). The number of ether oxygens (including phenoxy) is 1. The lowest BCUT2D eigenvalue weighted by atomic mass is 9.85. The summed E-state index contributed by atoms with van der Waals surface area (Å²) in [4.78, 5) is 67.9. The lowest BCUT2D eigenvalue weighted by Crippen LogP contribution is -2.57. The first-order valence-corrected chi connectivity index (χ1v) is 23.7. The topological polar surface area (TPSA) is 181 Å².